The average Bonchev–Trinajstić information content (AvgIpc) is 2.57. The highest BCUT2D eigenvalue weighted by molar-refractivity contribution is 9.13. The van der Waals surface area contributed by atoms with E-state index in [0.717, 1.165) is 31.7 Å². The number of para-hydroxylation sites is 1. The first-order chi connectivity index (χ1) is 11.2. The number of halogens is 2. The van der Waals surface area contributed by atoms with Crippen LogP contribution in [-0.2, 0) is 6.54 Å². The Bertz CT molecular complexity index is 636. The van der Waals surface area contributed by atoms with E-state index in [1.54, 1.807) is 0 Å². The Hall–Kier alpha value is -1.24. The lowest BCUT2D eigenvalue weighted by Crippen LogP contribution is -2.21. The molecule has 124 valence electrons. The van der Waals surface area contributed by atoms with Crippen LogP contribution in [0.15, 0.2) is 45.3 Å². The zero-order chi connectivity index (χ0) is 16.7. The van der Waals surface area contributed by atoms with E-state index in [1.165, 1.54) is 0 Å². The van der Waals surface area contributed by atoms with Gasteiger partial charge in [-0.15, -0.1) is 0 Å². The molecule has 0 bridgehead atoms. The second-order valence-electron chi connectivity index (χ2n) is 4.70. The zero-order valence-corrected chi connectivity index (χ0v) is 16.3. The van der Waals surface area contributed by atoms with Crippen LogP contribution in [0, 0.1) is 0 Å². The summed E-state index contributed by atoms with van der Waals surface area (Å²) in [7, 11) is 0. The van der Waals surface area contributed by atoms with Gasteiger partial charge in [-0.25, -0.2) is 5.43 Å². The number of hydrogen-bond acceptors (Lipinski definition) is 4. The molecule has 0 amide bonds. The lowest BCUT2D eigenvalue weighted by atomic mass is 10.2. The summed E-state index contributed by atoms with van der Waals surface area (Å²) in [6.45, 7) is 5.71. The molecule has 0 radical (unpaired) electrons. The van der Waals surface area contributed by atoms with E-state index >= 15 is 0 Å². The van der Waals surface area contributed by atoms with Crippen LogP contribution in [0.25, 0.3) is 0 Å². The van der Waals surface area contributed by atoms with E-state index in [-0.39, 0.29) is 0 Å². The molecule has 0 aliphatic carbocycles. The van der Waals surface area contributed by atoms with Gasteiger partial charge < -0.3 is 14.9 Å². The SMILES string of the molecule is CCOc1cc(CNNc2ccccc2)c(Br)c(Br)c1OCC. The van der Waals surface area contributed by atoms with Crippen molar-refractivity contribution in [3.63, 3.8) is 0 Å². The van der Waals surface area contributed by atoms with Crippen molar-refractivity contribution in [1.82, 2.24) is 5.43 Å². The molecule has 0 atom stereocenters. The van der Waals surface area contributed by atoms with E-state index in [2.05, 4.69) is 42.7 Å². The Labute approximate surface area is 153 Å². The summed E-state index contributed by atoms with van der Waals surface area (Å²) in [5.74, 6) is 1.46. The van der Waals surface area contributed by atoms with Crippen molar-refractivity contribution in [2.75, 3.05) is 18.6 Å². The van der Waals surface area contributed by atoms with Gasteiger partial charge in [0.1, 0.15) is 0 Å². The second kappa shape index (κ2) is 9.15. The monoisotopic (exact) mass is 442 g/mol. The van der Waals surface area contributed by atoms with E-state index in [0.29, 0.717) is 19.8 Å². The lowest BCUT2D eigenvalue weighted by molar-refractivity contribution is 0.285. The van der Waals surface area contributed by atoms with E-state index in [9.17, 15) is 0 Å². The van der Waals surface area contributed by atoms with Gasteiger partial charge in [0.15, 0.2) is 11.5 Å². The first-order valence-electron chi connectivity index (χ1n) is 7.47. The largest absolute Gasteiger partial charge is 0.490 e. The molecule has 4 nitrogen and oxygen atoms in total. The number of rotatable bonds is 8. The smallest absolute Gasteiger partial charge is 0.176 e. The summed E-state index contributed by atoms with van der Waals surface area (Å²) in [6.07, 6.45) is 0. The van der Waals surface area contributed by atoms with Crippen molar-refractivity contribution >= 4 is 37.5 Å². The molecule has 2 aromatic carbocycles. The van der Waals surface area contributed by atoms with Gasteiger partial charge in [-0.05, 0) is 69.5 Å². The minimum Gasteiger partial charge on any atom is -0.490 e. The molecule has 0 saturated heterocycles. The van der Waals surface area contributed by atoms with Gasteiger partial charge in [-0.1, -0.05) is 18.2 Å². The predicted octanol–water partition coefficient (Wildman–Crippen LogP) is 5.13. The van der Waals surface area contributed by atoms with Crippen LogP contribution in [-0.4, -0.2) is 13.2 Å². The van der Waals surface area contributed by atoms with Crippen molar-refractivity contribution in [2.24, 2.45) is 0 Å². The Kier molecular flexibility index (Phi) is 7.20. The predicted molar refractivity (Wildman–Crippen MR) is 101 cm³/mol. The molecule has 0 aromatic heterocycles. The molecule has 0 fully saturated rings. The Morgan fingerprint density at radius 2 is 1.65 bits per heavy atom. The molecular formula is C17H20Br2N2O2. The van der Waals surface area contributed by atoms with Gasteiger partial charge in [-0.2, -0.15) is 0 Å². The number of ether oxygens (including phenoxy) is 2. The van der Waals surface area contributed by atoms with E-state index in [4.69, 9.17) is 9.47 Å². The van der Waals surface area contributed by atoms with Crippen LogP contribution >= 0.6 is 31.9 Å². The molecule has 2 aromatic rings. The fraction of sp³-hybridized carbons (Fsp3) is 0.294. The van der Waals surface area contributed by atoms with Crippen LogP contribution in [0.3, 0.4) is 0 Å². The summed E-state index contributed by atoms with van der Waals surface area (Å²) >= 11 is 7.21. The van der Waals surface area contributed by atoms with Crippen molar-refractivity contribution < 1.29 is 9.47 Å². The number of hydrazine groups is 1. The standard InChI is InChI=1S/C17H20Br2N2O2/c1-3-22-14-10-12(15(18)16(19)17(14)23-4-2)11-20-21-13-8-6-5-7-9-13/h5-10,20-21H,3-4,11H2,1-2H3. The first-order valence-corrected chi connectivity index (χ1v) is 9.06. The molecule has 0 unspecified atom stereocenters. The zero-order valence-electron chi connectivity index (χ0n) is 13.2. The molecule has 0 spiro atoms. The van der Waals surface area contributed by atoms with E-state index in [1.807, 2.05) is 50.2 Å². The van der Waals surface area contributed by atoms with Gasteiger partial charge in [0, 0.05) is 16.7 Å². The van der Waals surface area contributed by atoms with Crippen molar-refractivity contribution in [3.8, 4) is 11.5 Å². The summed E-state index contributed by atoms with van der Waals surface area (Å²) < 4.78 is 13.2. The van der Waals surface area contributed by atoms with Crippen LogP contribution in [0.2, 0.25) is 0 Å². The summed E-state index contributed by atoms with van der Waals surface area (Å²) in [4.78, 5) is 0. The maximum absolute atomic E-state index is 5.71. The quantitative estimate of drug-likeness (QED) is 0.555. The van der Waals surface area contributed by atoms with Crippen molar-refractivity contribution in [2.45, 2.75) is 20.4 Å². The fourth-order valence-corrected chi connectivity index (χ4v) is 3.07. The average molecular weight is 444 g/mol. The van der Waals surface area contributed by atoms with E-state index < -0.39 is 0 Å². The van der Waals surface area contributed by atoms with Gasteiger partial charge in [0.2, 0.25) is 0 Å². The molecule has 6 heteroatoms. The maximum atomic E-state index is 5.71. The third-order valence-corrected chi connectivity index (χ3v) is 5.27. The summed E-state index contributed by atoms with van der Waals surface area (Å²) in [5, 5.41) is 0. The highest BCUT2D eigenvalue weighted by Gasteiger charge is 2.17. The topological polar surface area (TPSA) is 42.5 Å². The normalized spacial score (nSPS) is 10.4. The summed E-state index contributed by atoms with van der Waals surface area (Å²) in [5.41, 5.74) is 8.46. The molecule has 23 heavy (non-hydrogen) atoms. The molecule has 2 N–H and O–H groups in total. The van der Waals surface area contributed by atoms with Crippen molar-refractivity contribution in [3.05, 3.63) is 50.9 Å². The Morgan fingerprint density at radius 3 is 2.30 bits per heavy atom. The highest BCUT2D eigenvalue weighted by atomic mass is 79.9. The highest BCUT2D eigenvalue weighted by Crippen LogP contribution is 2.42. The van der Waals surface area contributed by atoms with Crippen molar-refractivity contribution in [1.29, 1.82) is 0 Å². The van der Waals surface area contributed by atoms with Gasteiger partial charge >= 0.3 is 0 Å². The lowest BCUT2D eigenvalue weighted by Gasteiger charge is -2.17. The molecule has 0 saturated carbocycles. The third-order valence-electron chi connectivity index (χ3n) is 3.08. The fourth-order valence-electron chi connectivity index (χ4n) is 2.07. The van der Waals surface area contributed by atoms with Gasteiger partial charge in [0.25, 0.3) is 0 Å². The third kappa shape index (κ3) is 4.86. The van der Waals surface area contributed by atoms with Gasteiger partial charge in [0.05, 0.1) is 17.7 Å². The van der Waals surface area contributed by atoms with Crippen LogP contribution < -0.4 is 20.3 Å². The molecule has 0 heterocycles. The molecule has 0 aliphatic rings. The number of benzene rings is 2. The minimum absolute atomic E-state index is 0.582. The molecular weight excluding hydrogens is 424 g/mol. The van der Waals surface area contributed by atoms with Crippen LogP contribution in [0.1, 0.15) is 19.4 Å². The number of anilines is 1. The summed E-state index contributed by atoms with van der Waals surface area (Å²) in [6, 6.07) is 12.0. The molecule has 2 rings (SSSR count). The van der Waals surface area contributed by atoms with Gasteiger partial charge in [-0.3, -0.25) is 0 Å². The van der Waals surface area contributed by atoms with Crippen LogP contribution in [0.5, 0.6) is 11.5 Å². The first kappa shape index (κ1) is 18.1. The van der Waals surface area contributed by atoms with Crippen LogP contribution in [0.4, 0.5) is 5.69 Å². The Balaban J connectivity index is 2.14. The number of nitrogens with one attached hydrogen (secondary N) is 2. The maximum Gasteiger partial charge on any atom is 0.176 e. The number of hydrogen-bond donors (Lipinski definition) is 2. The minimum atomic E-state index is 0.582. The Morgan fingerprint density at radius 1 is 0.957 bits per heavy atom. The second-order valence-corrected chi connectivity index (χ2v) is 6.29. The molecule has 0 aliphatic heterocycles.